The molecule has 142 valence electrons. The Morgan fingerprint density at radius 1 is 1.15 bits per heavy atom. The fourth-order valence-electron chi connectivity index (χ4n) is 3.23. The van der Waals surface area contributed by atoms with Crippen molar-refractivity contribution in [3.8, 4) is 0 Å². The summed E-state index contributed by atoms with van der Waals surface area (Å²) in [4.78, 5) is 20.3. The summed E-state index contributed by atoms with van der Waals surface area (Å²) >= 11 is 0. The summed E-state index contributed by atoms with van der Waals surface area (Å²) in [7, 11) is 0. The lowest BCUT2D eigenvalue weighted by Crippen LogP contribution is -2.37. The van der Waals surface area contributed by atoms with Crippen LogP contribution in [0.5, 0.6) is 0 Å². The molecule has 0 spiro atoms. The van der Waals surface area contributed by atoms with Gasteiger partial charge in [0.15, 0.2) is 6.10 Å². The van der Waals surface area contributed by atoms with Gasteiger partial charge in [0.25, 0.3) is 0 Å². The van der Waals surface area contributed by atoms with E-state index in [9.17, 15) is 4.79 Å². The van der Waals surface area contributed by atoms with Crippen LogP contribution < -0.4 is 0 Å². The smallest absolute Gasteiger partial charge is 0.223 e. The number of aryl methyl sites for hydroxylation is 1. The Bertz CT molecular complexity index is 782. The van der Waals surface area contributed by atoms with E-state index in [1.54, 1.807) is 0 Å². The average Bonchev–Trinajstić information content (AvgIpc) is 3.10. The zero-order chi connectivity index (χ0) is 19.2. The first-order valence-electron chi connectivity index (χ1n) is 9.62. The van der Waals surface area contributed by atoms with Crippen LogP contribution in [0.2, 0.25) is 0 Å². The van der Waals surface area contributed by atoms with E-state index in [0.717, 1.165) is 23.3 Å². The van der Waals surface area contributed by atoms with Gasteiger partial charge < -0.3 is 9.74 Å². The Labute approximate surface area is 161 Å². The molecule has 1 aliphatic heterocycles. The molecule has 0 bridgehead atoms. The molecular formula is C23H28N2O2. The summed E-state index contributed by atoms with van der Waals surface area (Å²) in [6.45, 7) is 7.37. The van der Waals surface area contributed by atoms with Gasteiger partial charge in [-0.25, -0.2) is 0 Å². The largest absolute Gasteiger partial charge is 0.390 e. The third-order valence-corrected chi connectivity index (χ3v) is 4.69. The number of carbonyl (C=O) groups is 1. The zero-order valence-electron chi connectivity index (χ0n) is 16.4. The number of oxime groups is 1. The third-order valence-electron chi connectivity index (χ3n) is 4.69. The van der Waals surface area contributed by atoms with Crippen molar-refractivity contribution in [1.29, 1.82) is 0 Å². The molecule has 1 unspecified atom stereocenters. The van der Waals surface area contributed by atoms with E-state index in [-0.39, 0.29) is 12.0 Å². The predicted octanol–water partition coefficient (Wildman–Crippen LogP) is 4.56. The van der Waals surface area contributed by atoms with E-state index in [0.29, 0.717) is 25.4 Å². The van der Waals surface area contributed by atoms with Crippen molar-refractivity contribution in [2.75, 3.05) is 6.54 Å². The number of carbonyl (C=O) groups excluding carboxylic acids is 1. The van der Waals surface area contributed by atoms with Gasteiger partial charge in [0.05, 0.1) is 12.3 Å². The van der Waals surface area contributed by atoms with Crippen LogP contribution in [0.15, 0.2) is 59.8 Å². The van der Waals surface area contributed by atoms with Crippen molar-refractivity contribution >= 4 is 11.6 Å². The quantitative estimate of drug-likeness (QED) is 0.722. The Morgan fingerprint density at radius 3 is 2.52 bits per heavy atom. The molecule has 3 rings (SSSR count). The monoisotopic (exact) mass is 364 g/mol. The summed E-state index contributed by atoms with van der Waals surface area (Å²) in [5.74, 6) is 0.501. The molecule has 0 fully saturated rings. The Kier molecular flexibility index (Phi) is 6.28. The molecular weight excluding hydrogens is 336 g/mol. The lowest BCUT2D eigenvalue weighted by atomic mass is 10.0. The maximum atomic E-state index is 12.8. The first kappa shape index (κ1) is 19.2. The van der Waals surface area contributed by atoms with Crippen LogP contribution in [0.1, 0.15) is 43.4 Å². The van der Waals surface area contributed by atoms with Gasteiger partial charge in [-0.05, 0) is 24.0 Å². The van der Waals surface area contributed by atoms with Crippen LogP contribution in [0.3, 0.4) is 0 Å². The minimum absolute atomic E-state index is 0.0962. The molecule has 1 heterocycles. The van der Waals surface area contributed by atoms with Crippen molar-refractivity contribution in [2.45, 2.75) is 46.3 Å². The van der Waals surface area contributed by atoms with Gasteiger partial charge >= 0.3 is 0 Å². The summed E-state index contributed by atoms with van der Waals surface area (Å²) in [6, 6.07) is 18.4. The van der Waals surface area contributed by atoms with Crippen molar-refractivity contribution in [2.24, 2.45) is 11.1 Å². The number of rotatable bonds is 7. The standard InChI is InChI=1S/C23H28N2O2/c1-17(2)13-23(26)25(15-19-7-5-4-6-8-19)16-21-14-22(24-27-21)20-11-9-18(3)10-12-20/h4-12,17,21H,13-16H2,1-3H3. The van der Waals surface area contributed by atoms with Crippen LogP contribution in [0, 0.1) is 12.8 Å². The molecule has 0 aliphatic carbocycles. The first-order valence-corrected chi connectivity index (χ1v) is 9.62. The first-order chi connectivity index (χ1) is 13.0. The number of nitrogens with zero attached hydrogens (tertiary/aromatic N) is 2. The molecule has 2 aromatic carbocycles. The highest BCUT2D eigenvalue weighted by atomic mass is 16.6. The third kappa shape index (κ3) is 5.43. The molecule has 2 aromatic rings. The molecule has 4 heteroatoms. The van der Waals surface area contributed by atoms with Gasteiger partial charge in [0.1, 0.15) is 0 Å². The molecule has 4 nitrogen and oxygen atoms in total. The Morgan fingerprint density at radius 2 is 1.85 bits per heavy atom. The maximum Gasteiger partial charge on any atom is 0.223 e. The topological polar surface area (TPSA) is 41.9 Å². The second-order valence-electron chi connectivity index (χ2n) is 7.69. The molecule has 0 saturated carbocycles. The van der Waals surface area contributed by atoms with Gasteiger partial charge in [-0.1, -0.05) is 79.2 Å². The van der Waals surface area contributed by atoms with Crippen LogP contribution in [-0.4, -0.2) is 29.2 Å². The van der Waals surface area contributed by atoms with Gasteiger partial charge in [-0.3, -0.25) is 4.79 Å². The summed E-state index contributed by atoms with van der Waals surface area (Å²) in [5.41, 5.74) is 4.40. The molecule has 1 atom stereocenters. The van der Waals surface area contributed by atoms with E-state index < -0.39 is 0 Å². The minimum Gasteiger partial charge on any atom is -0.390 e. The van der Waals surface area contributed by atoms with Crippen molar-refractivity contribution in [1.82, 2.24) is 4.90 Å². The second-order valence-corrected chi connectivity index (χ2v) is 7.69. The highest BCUT2D eigenvalue weighted by Crippen LogP contribution is 2.20. The summed E-state index contributed by atoms with van der Waals surface area (Å²) in [6.07, 6.45) is 1.18. The average molecular weight is 364 g/mol. The Balaban J connectivity index is 1.65. The van der Waals surface area contributed by atoms with E-state index in [2.05, 4.69) is 62.3 Å². The van der Waals surface area contributed by atoms with E-state index in [4.69, 9.17) is 4.84 Å². The van der Waals surface area contributed by atoms with Crippen molar-refractivity contribution in [3.63, 3.8) is 0 Å². The molecule has 27 heavy (non-hydrogen) atoms. The molecule has 0 N–H and O–H groups in total. The number of hydrogen-bond acceptors (Lipinski definition) is 3. The van der Waals surface area contributed by atoms with E-state index in [1.165, 1.54) is 5.56 Å². The van der Waals surface area contributed by atoms with Crippen LogP contribution in [-0.2, 0) is 16.2 Å². The molecule has 0 aromatic heterocycles. The lowest BCUT2D eigenvalue weighted by Gasteiger charge is -2.26. The molecule has 0 saturated heterocycles. The zero-order valence-corrected chi connectivity index (χ0v) is 16.4. The van der Waals surface area contributed by atoms with E-state index in [1.807, 2.05) is 23.1 Å². The van der Waals surface area contributed by atoms with Gasteiger partial charge in [0.2, 0.25) is 5.91 Å². The number of hydrogen-bond donors (Lipinski definition) is 0. The number of amides is 1. The van der Waals surface area contributed by atoms with Crippen molar-refractivity contribution in [3.05, 3.63) is 71.3 Å². The summed E-state index contributed by atoms with van der Waals surface area (Å²) in [5, 5.41) is 4.28. The fourth-order valence-corrected chi connectivity index (χ4v) is 3.23. The Hall–Kier alpha value is -2.62. The van der Waals surface area contributed by atoms with E-state index >= 15 is 0 Å². The minimum atomic E-state index is -0.0962. The van der Waals surface area contributed by atoms with Crippen LogP contribution >= 0.6 is 0 Å². The molecule has 0 radical (unpaired) electrons. The maximum absolute atomic E-state index is 12.8. The molecule has 1 aliphatic rings. The highest BCUT2D eigenvalue weighted by molar-refractivity contribution is 6.01. The molecule has 1 amide bonds. The fraction of sp³-hybridized carbons (Fsp3) is 0.391. The highest BCUT2D eigenvalue weighted by Gasteiger charge is 2.27. The van der Waals surface area contributed by atoms with Gasteiger partial charge in [-0.2, -0.15) is 0 Å². The van der Waals surface area contributed by atoms with Crippen LogP contribution in [0.25, 0.3) is 0 Å². The normalized spacial score (nSPS) is 16.1. The van der Waals surface area contributed by atoms with Crippen LogP contribution in [0.4, 0.5) is 0 Å². The second kappa shape index (κ2) is 8.85. The summed E-state index contributed by atoms with van der Waals surface area (Å²) < 4.78 is 0. The van der Waals surface area contributed by atoms with Crippen molar-refractivity contribution < 1.29 is 9.63 Å². The van der Waals surface area contributed by atoms with Gasteiger partial charge in [0, 0.05) is 19.4 Å². The lowest BCUT2D eigenvalue weighted by molar-refractivity contribution is -0.134. The predicted molar refractivity (Wildman–Crippen MR) is 109 cm³/mol. The van der Waals surface area contributed by atoms with Gasteiger partial charge in [-0.15, -0.1) is 0 Å². The number of benzene rings is 2. The SMILES string of the molecule is Cc1ccc(C2=NOC(CN(Cc3ccccc3)C(=O)CC(C)C)C2)cc1.